The first kappa shape index (κ1) is 10.7. The van der Waals surface area contributed by atoms with Crippen molar-refractivity contribution >= 4 is 6.29 Å². The van der Waals surface area contributed by atoms with Crippen LogP contribution < -0.4 is 0 Å². The number of likely N-dealkylation sites (tertiary alicyclic amines) is 1. The Labute approximate surface area is 97.1 Å². The Morgan fingerprint density at radius 1 is 1.44 bits per heavy atom. The van der Waals surface area contributed by atoms with E-state index in [9.17, 15) is 4.79 Å². The zero-order valence-corrected chi connectivity index (χ0v) is 9.86. The molecule has 3 atom stereocenters. The lowest BCUT2D eigenvalue weighted by atomic mass is 9.83. The number of hydrogen-bond acceptors (Lipinski definition) is 3. The smallest absolute Gasteiger partial charge is 0.129 e. The molecule has 3 heteroatoms. The summed E-state index contributed by atoms with van der Waals surface area (Å²) in [4.78, 5) is 13.9. The van der Waals surface area contributed by atoms with Crippen LogP contribution in [0.5, 0.6) is 0 Å². The predicted molar refractivity (Wildman–Crippen MR) is 61.3 cm³/mol. The van der Waals surface area contributed by atoms with Crippen molar-refractivity contribution in [1.82, 2.24) is 4.90 Å². The molecule has 0 aromatic heterocycles. The molecule has 2 saturated heterocycles. The van der Waals surface area contributed by atoms with E-state index in [1.165, 1.54) is 25.8 Å². The van der Waals surface area contributed by atoms with Crippen LogP contribution in [0.25, 0.3) is 0 Å². The van der Waals surface area contributed by atoms with Gasteiger partial charge >= 0.3 is 0 Å². The first-order valence-electron chi connectivity index (χ1n) is 6.59. The highest BCUT2D eigenvalue weighted by atomic mass is 16.5. The molecule has 2 bridgehead atoms. The van der Waals surface area contributed by atoms with E-state index >= 15 is 0 Å². The average molecular weight is 223 g/mol. The fraction of sp³-hybridized carbons (Fsp3) is 0.923. The first-order chi connectivity index (χ1) is 7.81. The summed E-state index contributed by atoms with van der Waals surface area (Å²) in [6.07, 6.45) is 7.35. The molecule has 2 heterocycles. The van der Waals surface area contributed by atoms with E-state index in [0.29, 0.717) is 6.61 Å². The molecule has 3 nitrogen and oxygen atoms in total. The molecule has 16 heavy (non-hydrogen) atoms. The zero-order chi connectivity index (χ0) is 11.0. The standard InChI is InChI=1S/C13H21NO2/c15-9-13(4-1-5-16-10-13)8-14-7-11-2-3-12(14)6-11/h9,11-12H,1-8,10H2. The largest absolute Gasteiger partial charge is 0.380 e. The second kappa shape index (κ2) is 4.11. The topological polar surface area (TPSA) is 29.5 Å². The zero-order valence-electron chi connectivity index (χ0n) is 9.86. The summed E-state index contributed by atoms with van der Waals surface area (Å²) in [5.41, 5.74) is -0.192. The Kier molecular flexibility index (Phi) is 2.76. The van der Waals surface area contributed by atoms with Gasteiger partial charge in [-0.3, -0.25) is 4.90 Å². The fourth-order valence-electron chi connectivity index (χ4n) is 3.75. The van der Waals surface area contributed by atoms with Crippen LogP contribution in [0.1, 0.15) is 32.1 Å². The van der Waals surface area contributed by atoms with Crippen LogP contribution in [0.2, 0.25) is 0 Å². The van der Waals surface area contributed by atoms with E-state index in [0.717, 1.165) is 44.2 Å². The predicted octanol–water partition coefficient (Wildman–Crippen LogP) is 1.47. The van der Waals surface area contributed by atoms with Gasteiger partial charge in [0.25, 0.3) is 0 Å². The van der Waals surface area contributed by atoms with Crippen molar-refractivity contribution < 1.29 is 9.53 Å². The third kappa shape index (κ3) is 1.80. The van der Waals surface area contributed by atoms with Crippen LogP contribution in [0.4, 0.5) is 0 Å². The Hall–Kier alpha value is -0.410. The summed E-state index contributed by atoms with van der Waals surface area (Å²) in [5, 5.41) is 0. The first-order valence-corrected chi connectivity index (χ1v) is 6.59. The number of rotatable bonds is 3. The Balaban J connectivity index is 1.65. The summed E-state index contributed by atoms with van der Waals surface area (Å²) in [5.74, 6) is 0.915. The van der Waals surface area contributed by atoms with E-state index in [2.05, 4.69) is 4.90 Å². The number of carbonyl (C=O) groups excluding carboxylic acids is 1. The third-order valence-corrected chi connectivity index (χ3v) is 4.64. The Morgan fingerprint density at radius 3 is 2.94 bits per heavy atom. The van der Waals surface area contributed by atoms with Crippen molar-refractivity contribution in [3.05, 3.63) is 0 Å². The molecule has 0 spiro atoms. The highest BCUT2D eigenvalue weighted by molar-refractivity contribution is 5.60. The molecule has 90 valence electrons. The van der Waals surface area contributed by atoms with Gasteiger partial charge in [0, 0.05) is 25.7 Å². The van der Waals surface area contributed by atoms with Gasteiger partial charge < -0.3 is 9.53 Å². The second-order valence-corrected chi connectivity index (χ2v) is 5.90. The highest BCUT2D eigenvalue weighted by Gasteiger charge is 2.42. The lowest BCUT2D eigenvalue weighted by Crippen LogP contribution is -2.46. The Bertz CT molecular complexity index is 273. The lowest BCUT2D eigenvalue weighted by Gasteiger charge is -2.38. The maximum atomic E-state index is 11.4. The number of aldehydes is 1. The fourth-order valence-corrected chi connectivity index (χ4v) is 3.75. The number of piperidine rings is 1. The van der Waals surface area contributed by atoms with Crippen molar-refractivity contribution in [2.75, 3.05) is 26.3 Å². The van der Waals surface area contributed by atoms with E-state index in [4.69, 9.17) is 4.74 Å². The highest BCUT2D eigenvalue weighted by Crippen LogP contribution is 2.40. The van der Waals surface area contributed by atoms with Crippen LogP contribution in [-0.4, -0.2) is 43.5 Å². The molecular formula is C13H21NO2. The lowest BCUT2D eigenvalue weighted by molar-refractivity contribution is -0.126. The number of hydrogen-bond donors (Lipinski definition) is 0. The summed E-state index contributed by atoms with van der Waals surface area (Å²) in [6, 6.07) is 0.767. The molecule has 0 radical (unpaired) electrons. The minimum Gasteiger partial charge on any atom is -0.380 e. The van der Waals surface area contributed by atoms with Crippen molar-refractivity contribution in [1.29, 1.82) is 0 Å². The van der Waals surface area contributed by atoms with Gasteiger partial charge in [-0.15, -0.1) is 0 Å². The number of ether oxygens (including phenoxy) is 1. The van der Waals surface area contributed by atoms with Gasteiger partial charge in [0.2, 0.25) is 0 Å². The van der Waals surface area contributed by atoms with Gasteiger partial charge in [0.05, 0.1) is 12.0 Å². The summed E-state index contributed by atoms with van der Waals surface area (Å²) >= 11 is 0. The molecule has 1 saturated carbocycles. The van der Waals surface area contributed by atoms with Gasteiger partial charge in [-0.2, -0.15) is 0 Å². The van der Waals surface area contributed by atoms with Crippen molar-refractivity contribution in [2.24, 2.45) is 11.3 Å². The molecular weight excluding hydrogens is 202 g/mol. The molecule has 3 aliphatic rings. The van der Waals surface area contributed by atoms with Crippen molar-refractivity contribution in [3.8, 4) is 0 Å². The molecule has 0 aromatic rings. The maximum absolute atomic E-state index is 11.4. The van der Waals surface area contributed by atoms with E-state index < -0.39 is 0 Å². The normalized spacial score (nSPS) is 43.8. The van der Waals surface area contributed by atoms with Crippen LogP contribution in [0, 0.1) is 11.3 Å². The van der Waals surface area contributed by atoms with E-state index in [1.54, 1.807) is 0 Å². The van der Waals surface area contributed by atoms with Crippen LogP contribution >= 0.6 is 0 Å². The molecule has 3 fully saturated rings. The molecule has 3 rings (SSSR count). The van der Waals surface area contributed by atoms with Crippen LogP contribution in [-0.2, 0) is 9.53 Å². The second-order valence-electron chi connectivity index (χ2n) is 5.90. The van der Waals surface area contributed by atoms with Gasteiger partial charge in [0.1, 0.15) is 6.29 Å². The number of nitrogens with zero attached hydrogens (tertiary/aromatic N) is 1. The SMILES string of the molecule is O=CC1(CN2CC3CCC2C3)CCCOC1. The number of carbonyl (C=O) groups is 1. The van der Waals surface area contributed by atoms with Crippen molar-refractivity contribution in [3.63, 3.8) is 0 Å². The van der Waals surface area contributed by atoms with Gasteiger partial charge in [0.15, 0.2) is 0 Å². The van der Waals surface area contributed by atoms with Crippen LogP contribution in [0.15, 0.2) is 0 Å². The third-order valence-electron chi connectivity index (χ3n) is 4.64. The van der Waals surface area contributed by atoms with Crippen molar-refractivity contribution in [2.45, 2.75) is 38.1 Å². The molecule has 3 unspecified atom stereocenters. The van der Waals surface area contributed by atoms with Gasteiger partial charge in [-0.05, 0) is 38.0 Å². The monoisotopic (exact) mass is 223 g/mol. The summed E-state index contributed by atoms with van der Waals surface area (Å²) in [6.45, 7) is 3.64. The van der Waals surface area contributed by atoms with Gasteiger partial charge in [-0.1, -0.05) is 0 Å². The van der Waals surface area contributed by atoms with E-state index in [-0.39, 0.29) is 5.41 Å². The summed E-state index contributed by atoms with van der Waals surface area (Å²) in [7, 11) is 0. The minimum absolute atomic E-state index is 0.192. The number of fused-ring (bicyclic) bond motifs is 2. The Morgan fingerprint density at radius 2 is 2.38 bits per heavy atom. The van der Waals surface area contributed by atoms with E-state index in [1.807, 2.05) is 0 Å². The van der Waals surface area contributed by atoms with Crippen LogP contribution in [0.3, 0.4) is 0 Å². The summed E-state index contributed by atoms with van der Waals surface area (Å²) < 4.78 is 5.51. The molecule has 0 amide bonds. The molecule has 0 N–H and O–H groups in total. The minimum atomic E-state index is -0.192. The molecule has 0 aromatic carbocycles. The maximum Gasteiger partial charge on any atom is 0.129 e. The quantitative estimate of drug-likeness (QED) is 0.679. The molecule has 1 aliphatic carbocycles. The average Bonchev–Trinajstić information content (AvgIpc) is 2.92. The van der Waals surface area contributed by atoms with Gasteiger partial charge in [-0.25, -0.2) is 0 Å². The molecule has 2 aliphatic heterocycles.